The summed E-state index contributed by atoms with van der Waals surface area (Å²) in [6.07, 6.45) is 0. The fourth-order valence-corrected chi connectivity index (χ4v) is 8.29. The van der Waals surface area contributed by atoms with E-state index < -0.39 is 0 Å². The van der Waals surface area contributed by atoms with E-state index in [1.807, 2.05) is 54.6 Å². The summed E-state index contributed by atoms with van der Waals surface area (Å²) < 4.78 is 0. The van der Waals surface area contributed by atoms with Crippen molar-refractivity contribution >= 4 is 23.1 Å². The predicted octanol–water partition coefficient (Wildman–Crippen LogP) is 10.1. The molecule has 0 radical (unpaired) electrons. The molecule has 270 valence electrons. The minimum atomic E-state index is -0.00408. The van der Waals surface area contributed by atoms with Crippen molar-refractivity contribution in [1.82, 2.24) is 0 Å². The summed E-state index contributed by atoms with van der Waals surface area (Å²) in [6, 6.07) is 30.9. The molecule has 0 aliphatic heterocycles. The molecule has 0 amide bonds. The summed E-state index contributed by atoms with van der Waals surface area (Å²) in [5.41, 5.74) is 25.9. The summed E-state index contributed by atoms with van der Waals surface area (Å²) in [5, 5.41) is 0. The molecule has 6 aromatic carbocycles. The van der Waals surface area contributed by atoms with E-state index in [1.54, 1.807) is 0 Å². The van der Waals surface area contributed by atoms with Crippen LogP contribution < -0.4 is 16.4 Å². The third-order valence-electron chi connectivity index (χ3n) is 12.2. The lowest BCUT2D eigenvalue weighted by molar-refractivity contribution is 1.22. The van der Waals surface area contributed by atoms with Gasteiger partial charge in [0.2, 0.25) is 6.71 Å². The van der Waals surface area contributed by atoms with Crippen LogP contribution in [-0.2, 0) is 0 Å². The lowest BCUT2D eigenvalue weighted by atomic mass is 9.32. The van der Waals surface area contributed by atoms with Crippen molar-refractivity contribution in [3.05, 3.63) is 191 Å². The van der Waals surface area contributed by atoms with E-state index >= 15 is 0 Å². The van der Waals surface area contributed by atoms with Gasteiger partial charge in [0, 0.05) is 33.4 Å². The third kappa shape index (κ3) is 7.44. The first-order valence-corrected chi connectivity index (χ1v) is 19.3. The molecular formula is C54H51B. The van der Waals surface area contributed by atoms with Crippen LogP contribution in [0.3, 0.4) is 0 Å². The molecule has 0 aromatic heterocycles. The largest absolute Gasteiger partial charge is 0.243 e. The normalized spacial score (nSPS) is 10.5. The summed E-state index contributed by atoms with van der Waals surface area (Å²) in [7, 11) is 0. The topological polar surface area (TPSA) is 0 Å². The van der Waals surface area contributed by atoms with Crippen LogP contribution in [0.15, 0.2) is 91.0 Å². The molecule has 0 heterocycles. The van der Waals surface area contributed by atoms with Gasteiger partial charge in [-0.15, -0.1) is 0 Å². The van der Waals surface area contributed by atoms with Crippen LogP contribution in [0.25, 0.3) is 0 Å². The van der Waals surface area contributed by atoms with Crippen LogP contribution in [0.2, 0.25) is 0 Å². The van der Waals surface area contributed by atoms with Gasteiger partial charge < -0.3 is 0 Å². The highest BCUT2D eigenvalue weighted by atomic mass is 14.2. The van der Waals surface area contributed by atoms with Crippen molar-refractivity contribution in [2.24, 2.45) is 0 Å². The highest BCUT2D eigenvalue weighted by molar-refractivity contribution is 6.97. The molecule has 0 aliphatic rings. The Balaban J connectivity index is 1.67. The van der Waals surface area contributed by atoms with Crippen molar-refractivity contribution in [2.75, 3.05) is 0 Å². The molecule has 0 spiro atoms. The lowest BCUT2D eigenvalue weighted by Gasteiger charge is -2.31. The quantitative estimate of drug-likeness (QED) is 0.127. The van der Waals surface area contributed by atoms with Gasteiger partial charge in [-0.1, -0.05) is 140 Å². The molecule has 0 atom stereocenters. The highest BCUT2D eigenvalue weighted by Gasteiger charge is 2.35. The fraction of sp³-hybridized carbons (Fsp3) is 0.222. The molecule has 0 unspecified atom stereocenters. The van der Waals surface area contributed by atoms with E-state index in [9.17, 15) is 0 Å². The lowest BCUT2D eigenvalue weighted by Crippen LogP contribution is -2.58. The van der Waals surface area contributed by atoms with Crippen molar-refractivity contribution in [3.8, 4) is 35.5 Å². The fourth-order valence-electron chi connectivity index (χ4n) is 8.29. The van der Waals surface area contributed by atoms with Gasteiger partial charge in [-0.3, -0.25) is 0 Å². The Morgan fingerprint density at radius 2 is 0.455 bits per heavy atom. The Labute approximate surface area is 331 Å². The molecule has 6 aromatic rings. The van der Waals surface area contributed by atoms with Gasteiger partial charge in [-0.25, -0.2) is 0 Å². The van der Waals surface area contributed by atoms with Crippen molar-refractivity contribution in [2.45, 2.75) is 83.1 Å². The van der Waals surface area contributed by atoms with Crippen molar-refractivity contribution < 1.29 is 0 Å². The van der Waals surface area contributed by atoms with E-state index in [1.165, 1.54) is 83.1 Å². The Bertz CT molecular complexity index is 2260. The first-order chi connectivity index (χ1) is 26.3. The summed E-state index contributed by atoms with van der Waals surface area (Å²) in [4.78, 5) is 0. The number of hydrogen-bond acceptors (Lipinski definition) is 0. The average Bonchev–Trinajstić information content (AvgIpc) is 3.19. The van der Waals surface area contributed by atoms with Gasteiger partial charge in [0.05, 0.1) is 0 Å². The standard InChI is InChI=1S/C54H51B/c1-34-40(7)52(41(8)35(2)49(34)31-28-46-22-16-13-17-23-46)55(53-42(9)36(3)50(37(4)43(53)10)32-29-47-24-18-14-19-25-47)54-44(11)38(5)51(39(6)45(54)12)33-30-48-26-20-15-21-27-48/h13-27H,1-12H3. The van der Waals surface area contributed by atoms with Gasteiger partial charge in [0.1, 0.15) is 0 Å². The minimum absolute atomic E-state index is 0.00408. The molecule has 0 N–H and O–H groups in total. The Morgan fingerprint density at radius 1 is 0.255 bits per heavy atom. The Hall–Kier alpha value is -5.94. The van der Waals surface area contributed by atoms with Crippen LogP contribution in [0.4, 0.5) is 0 Å². The van der Waals surface area contributed by atoms with Crippen molar-refractivity contribution in [1.29, 1.82) is 0 Å². The van der Waals surface area contributed by atoms with Gasteiger partial charge >= 0.3 is 0 Å². The maximum atomic E-state index is 3.60. The maximum absolute atomic E-state index is 3.60. The predicted molar refractivity (Wildman–Crippen MR) is 238 cm³/mol. The number of benzene rings is 6. The van der Waals surface area contributed by atoms with E-state index in [0.717, 1.165) is 33.4 Å². The molecular weight excluding hydrogens is 659 g/mol. The molecule has 1 heteroatoms. The molecule has 55 heavy (non-hydrogen) atoms. The van der Waals surface area contributed by atoms with Gasteiger partial charge in [-0.2, -0.15) is 0 Å². The Kier molecular flexibility index (Phi) is 11.4. The molecule has 0 nitrogen and oxygen atoms in total. The zero-order valence-electron chi connectivity index (χ0n) is 34.7. The monoisotopic (exact) mass is 710 g/mol. The van der Waals surface area contributed by atoms with E-state index in [2.05, 4.69) is 155 Å². The van der Waals surface area contributed by atoms with Gasteiger partial charge in [-0.05, 0) is 153 Å². The van der Waals surface area contributed by atoms with E-state index in [0.29, 0.717) is 0 Å². The molecule has 6 rings (SSSR count). The first kappa shape index (κ1) is 38.8. The molecule has 0 fully saturated rings. The Morgan fingerprint density at radius 3 is 0.655 bits per heavy atom. The van der Waals surface area contributed by atoms with Crippen molar-refractivity contribution in [3.63, 3.8) is 0 Å². The van der Waals surface area contributed by atoms with Gasteiger partial charge in [0.25, 0.3) is 0 Å². The molecule has 0 saturated heterocycles. The maximum Gasteiger partial charge on any atom is 0.243 e. The van der Waals surface area contributed by atoms with E-state index in [4.69, 9.17) is 0 Å². The second-order valence-corrected chi connectivity index (χ2v) is 15.1. The molecule has 0 bridgehead atoms. The summed E-state index contributed by atoms with van der Waals surface area (Å²) in [6.45, 7) is 27.4. The van der Waals surface area contributed by atoms with E-state index in [-0.39, 0.29) is 6.71 Å². The highest BCUT2D eigenvalue weighted by Crippen LogP contribution is 2.27. The van der Waals surface area contributed by atoms with Gasteiger partial charge in [0.15, 0.2) is 0 Å². The van der Waals surface area contributed by atoms with Crippen LogP contribution in [0.1, 0.15) is 100 Å². The second-order valence-electron chi connectivity index (χ2n) is 15.1. The SMILES string of the molecule is Cc1c(C)c(B(c2c(C)c(C)c(C#Cc3ccccc3)c(C)c2C)c2c(C)c(C)c(C#Cc3ccccc3)c(C)c2C)c(C)c(C)c1C#Cc1ccccc1. The second kappa shape index (κ2) is 16.2. The zero-order chi connectivity index (χ0) is 39.6. The summed E-state index contributed by atoms with van der Waals surface area (Å²) in [5.74, 6) is 21.2. The number of hydrogen-bond donors (Lipinski definition) is 0. The first-order valence-electron chi connectivity index (χ1n) is 19.3. The number of rotatable bonds is 3. The van der Waals surface area contributed by atoms with Crippen LogP contribution >= 0.6 is 0 Å². The minimum Gasteiger partial charge on any atom is -0.0623 e. The third-order valence-corrected chi connectivity index (χ3v) is 12.2. The smallest absolute Gasteiger partial charge is 0.0623 e. The molecule has 0 saturated carbocycles. The average molecular weight is 711 g/mol. The van der Waals surface area contributed by atoms with Crippen LogP contribution in [0, 0.1) is 119 Å². The molecule has 0 aliphatic carbocycles. The van der Waals surface area contributed by atoms with Crippen LogP contribution in [-0.4, -0.2) is 6.71 Å². The summed E-state index contributed by atoms with van der Waals surface area (Å²) >= 11 is 0. The van der Waals surface area contributed by atoms with Crippen LogP contribution in [0.5, 0.6) is 0 Å². The zero-order valence-corrected chi connectivity index (χ0v) is 34.7.